The molecule has 1 aromatic heterocycles. The molecule has 0 saturated carbocycles. The molecule has 1 aliphatic heterocycles. The number of hydrogen-bond acceptors (Lipinski definition) is 5. The van der Waals surface area contributed by atoms with Gasteiger partial charge < -0.3 is 5.11 Å². The van der Waals surface area contributed by atoms with Gasteiger partial charge in [0.1, 0.15) is 18.1 Å². The quantitative estimate of drug-likeness (QED) is 0.758. The van der Waals surface area contributed by atoms with E-state index in [0.29, 0.717) is 5.71 Å². The van der Waals surface area contributed by atoms with Gasteiger partial charge in [-0.05, 0) is 23.3 Å². The van der Waals surface area contributed by atoms with Gasteiger partial charge in [-0.25, -0.2) is 4.99 Å². The largest absolute Gasteiger partial charge is 0.481 e. The molecular weight excluding hydrogens is 342 g/mol. The number of nitrogens with zero attached hydrogens (tertiary/aromatic N) is 5. The molecule has 0 radical (unpaired) electrons. The third-order valence-electron chi connectivity index (χ3n) is 4.83. The maximum absolute atomic E-state index is 12.1. The number of nitriles is 2. The highest BCUT2D eigenvalue weighted by molar-refractivity contribution is 6.03. The minimum Gasteiger partial charge on any atom is -0.481 e. The molecule has 0 spiro atoms. The number of aliphatic carboxylic acids is 1. The van der Waals surface area contributed by atoms with E-state index in [1.165, 1.54) is 4.57 Å². The molecule has 7 nitrogen and oxygen atoms in total. The maximum atomic E-state index is 12.1. The Balaban J connectivity index is 2.10. The number of benzene rings is 2. The minimum atomic E-state index is -1.05. The fraction of sp³-hybridized carbons (Fsp3) is 0.150. The summed E-state index contributed by atoms with van der Waals surface area (Å²) in [5, 5.41) is 30.7. The Morgan fingerprint density at radius 3 is 2.59 bits per heavy atom. The Hall–Kier alpha value is -3.97. The standard InChI is InChI=1S/C20H13N5O2/c1-11-17(19(26)27)18(14-8-4-6-12-5-2-3-7-13(12)14)25-16(10-22)15(9-21)24-20(25)23-11/h2-8,17-18H,1H3,(H,26,27). The van der Waals surface area contributed by atoms with E-state index in [0.717, 1.165) is 16.3 Å². The zero-order valence-corrected chi connectivity index (χ0v) is 14.3. The summed E-state index contributed by atoms with van der Waals surface area (Å²) in [4.78, 5) is 20.5. The molecule has 0 aliphatic carbocycles. The van der Waals surface area contributed by atoms with Crippen molar-refractivity contribution in [3.8, 4) is 12.1 Å². The van der Waals surface area contributed by atoms with Crippen LogP contribution in [0.3, 0.4) is 0 Å². The van der Waals surface area contributed by atoms with Crippen molar-refractivity contribution < 1.29 is 9.90 Å². The number of carboxylic acids is 1. The Kier molecular flexibility index (Phi) is 3.71. The normalized spacial score (nSPS) is 18.3. The molecule has 4 rings (SSSR count). The Labute approximate surface area is 154 Å². The lowest BCUT2D eigenvalue weighted by Crippen LogP contribution is -2.35. The van der Waals surface area contributed by atoms with E-state index < -0.39 is 17.9 Å². The summed E-state index contributed by atoms with van der Waals surface area (Å²) in [5.41, 5.74) is 1.09. The molecule has 2 aromatic carbocycles. The third-order valence-corrected chi connectivity index (χ3v) is 4.83. The second-order valence-electron chi connectivity index (χ2n) is 6.28. The number of imidazole rings is 1. The lowest BCUT2D eigenvalue weighted by atomic mass is 9.85. The van der Waals surface area contributed by atoms with Gasteiger partial charge in [-0.2, -0.15) is 15.5 Å². The van der Waals surface area contributed by atoms with E-state index >= 15 is 0 Å². The Bertz CT molecular complexity index is 1200. The predicted molar refractivity (Wildman–Crippen MR) is 97.6 cm³/mol. The summed E-state index contributed by atoms with van der Waals surface area (Å²) in [6.45, 7) is 1.63. The summed E-state index contributed by atoms with van der Waals surface area (Å²) < 4.78 is 1.48. The first-order valence-corrected chi connectivity index (χ1v) is 8.25. The van der Waals surface area contributed by atoms with Crippen molar-refractivity contribution in [2.45, 2.75) is 13.0 Å². The SMILES string of the molecule is CC1=Nc2nc(C#N)c(C#N)n2C(c2cccc3ccccc23)C1C(=O)O. The lowest BCUT2D eigenvalue weighted by Gasteiger charge is -2.31. The number of rotatable bonds is 2. The van der Waals surface area contributed by atoms with Crippen molar-refractivity contribution in [2.75, 3.05) is 0 Å². The van der Waals surface area contributed by atoms with Gasteiger partial charge in [0.05, 0.1) is 6.04 Å². The topological polar surface area (TPSA) is 115 Å². The van der Waals surface area contributed by atoms with Gasteiger partial charge in [-0.3, -0.25) is 9.36 Å². The van der Waals surface area contributed by atoms with E-state index in [9.17, 15) is 20.4 Å². The molecule has 1 N–H and O–H groups in total. The van der Waals surface area contributed by atoms with Crippen LogP contribution in [0.15, 0.2) is 47.5 Å². The molecule has 2 atom stereocenters. The van der Waals surface area contributed by atoms with E-state index in [4.69, 9.17) is 0 Å². The minimum absolute atomic E-state index is 0.0212. The van der Waals surface area contributed by atoms with Crippen molar-refractivity contribution in [1.82, 2.24) is 9.55 Å². The summed E-state index contributed by atoms with van der Waals surface area (Å²) in [5.74, 6) is -1.84. The number of aliphatic imine (C=N–C) groups is 1. The first kappa shape index (κ1) is 16.5. The second kappa shape index (κ2) is 6.08. The molecular formula is C20H13N5O2. The van der Waals surface area contributed by atoms with Crippen LogP contribution < -0.4 is 0 Å². The molecule has 0 amide bonds. The molecule has 0 fully saturated rings. The highest BCUT2D eigenvalue weighted by Gasteiger charge is 2.41. The van der Waals surface area contributed by atoms with Gasteiger partial charge in [-0.15, -0.1) is 0 Å². The summed E-state index contributed by atoms with van der Waals surface area (Å²) in [6, 6.07) is 16.5. The first-order chi connectivity index (χ1) is 13.1. The van der Waals surface area contributed by atoms with Crippen LogP contribution in [0.4, 0.5) is 5.95 Å². The van der Waals surface area contributed by atoms with Crippen molar-refractivity contribution in [3.05, 3.63) is 59.4 Å². The zero-order chi connectivity index (χ0) is 19.1. The van der Waals surface area contributed by atoms with Crippen LogP contribution in [-0.4, -0.2) is 26.3 Å². The monoisotopic (exact) mass is 355 g/mol. The van der Waals surface area contributed by atoms with Crippen LogP contribution >= 0.6 is 0 Å². The molecule has 0 bridgehead atoms. The number of carbonyl (C=O) groups is 1. The van der Waals surface area contributed by atoms with E-state index in [2.05, 4.69) is 9.98 Å². The highest BCUT2D eigenvalue weighted by atomic mass is 16.4. The molecule has 1 aliphatic rings. The van der Waals surface area contributed by atoms with Gasteiger partial charge in [0.15, 0.2) is 11.4 Å². The zero-order valence-electron chi connectivity index (χ0n) is 14.3. The van der Waals surface area contributed by atoms with Crippen molar-refractivity contribution in [2.24, 2.45) is 10.9 Å². The average Bonchev–Trinajstić information content (AvgIpc) is 3.03. The molecule has 2 unspecified atom stereocenters. The Morgan fingerprint density at radius 1 is 1.15 bits per heavy atom. The van der Waals surface area contributed by atoms with Crippen LogP contribution in [0.1, 0.15) is 29.9 Å². The van der Waals surface area contributed by atoms with E-state index in [-0.39, 0.29) is 17.3 Å². The number of carboxylic acid groups (broad SMARTS) is 1. The van der Waals surface area contributed by atoms with E-state index in [1.54, 1.807) is 6.92 Å². The van der Waals surface area contributed by atoms with Crippen LogP contribution in [0.2, 0.25) is 0 Å². The average molecular weight is 355 g/mol. The summed E-state index contributed by atoms with van der Waals surface area (Å²) >= 11 is 0. The summed E-state index contributed by atoms with van der Waals surface area (Å²) in [6.07, 6.45) is 0. The summed E-state index contributed by atoms with van der Waals surface area (Å²) in [7, 11) is 0. The first-order valence-electron chi connectivity index (χ1n) is 8.25. The van der Waals surface area contributed by atoms with Crippen LogP contribution in [0.5, 0.6) is 0 Å². The van der Waals surface area contributed by atoms with Crippen molar-refractivity contribution >= 4 is 28.4 Å². The van der Waals surface area contributed by atoms with E-state index in [1.807, 2.05) is 54.6 Å². The van der Waals surface area contributed by atoms with Gasteiger partial charge >= 0.3 is 5.97 Å². The molecule has 2 heterocycles. The van der Waals surface area contributed by atoms with Crippen molar-refractivity contribution in [1.29, 1.82) is 10.5 Å². The van der Waals surface area contributed by atoms with Gasteiger partial charge in [0, 0.05) is 5.71 Å². The smallest absolute Gasteiger partial charge is 0.314 e. The number of fused-ring (bicyclic) bond motifs is 2. The van der Waals surface area contributed by atoms with Crippen LogP contribution in [0, 0.1) is 28.6 Å². The fourth-order valence-electron chi connectivity index (χ4n) is 3.69. The van der Waals surface area contributed by atoms with Gasteiger partial charge in [0.2, 0.25) is 5.95 Å². The molecule has 0 saturated heterocycles. The number of hydrogen-bond donors (Lipinski definition) is 1. The van der Waals surface area contributed by atoms with Gasteiger partial charge in [-0.1, -0.05) is 42.5 Å². The second-order valence-corrected chi connectivity index (χ2v) is 6.28. The van der Waals surface area contributed by atoms with Crippen LogP contribution in [0.25, 0.3) is 10.8 Å². The molecule has 27 heavy (non-hydrogen) atoms. The lowest BCUT2D eigenvalue weighted by molar-refractivity contribution is -0.140. The third kappa shape index (κ3) is 2.37. The van der Waals surface area contributed by atoms with Gasteiger partial charge in [0.25, 0.3) is 0 Å². The maximum Gasteiger partial charge on any atom is 0.314 e. The van der Waals surface area contributed by atoms with Crippen LogP contribution in [-0.2, 0) is 4.79 Å². The predicted octanol–water partition coefficient (Wildman–Crippen LogP) is 3.18. The molecule has 3 aromatic rings. The highest BCUT2D eigenvalue weighted by Crippen LogP contribution is 2.40. The molecule has 7 heteroatoms. The fourth-order valence-corrected chi connectivity index (χ4v) is 3.69. The van der Waals surface area contributed by atoms with Crippen molar-refractivity contribution in [3.63, 3.8) is 0 Å². The molecule has 130 valence electrons. The Morgan fingerprint density at radius 2 is 1.89 bits per heavy atom. The number of aromatic nitrogens is 2.